The molecule has 0 bridgehead atoms. The second-order valence-electron chi connectivity index (χ2n) is 13.7. The maximum atomic E-state index is 2.42. The van der Waals surface area contributed by atoms with Crippen molar-refractivity contribution in [2.45, 2.75) is 0 Å². The van der Waals surface area contributed by atoms with Crippen molar-refractivity contribution >= 4 is 17.1 Å². The normalized spacial score (nSPS) is 10.9. The van der Waals surface area contributed by atoms with Crippen molar-refractivity contribution in [3.8, 4) is 66.8 Å². The molecule has 0 atom stereocenters. The summed E-state index contributed by atoms with van der Waals surface area (Å²) in [6.45, 7) is 0. The molecule has 1 nitrogen and oxygen atoms in total. The highest BCUT2D eigenvalue weighted by molar-refractivity contribution is 6.01. The molecule has 0 aliphatic rings. The lowest BCUT2D eigenvalue weighted by molar-refractivity contribution is 1.28. The Morgan fingerprint density at radius 1 is 0.218 bits per heavy atom. The first-order valence-corrected chi connectivity index (χ1v) is 18.8. The van der Waals surface area contributed by atoms with E-state index in [-0.39, 0.29) is 0 Å². The van der Waals surface area contributed by atoms with Gasteiger partial charge in [-0.25, -0.2) is 0 Å². The fourth-order valence-corrected chi connectivity index (χ4v) is 7.61. The molecule has 0 N–H and O–H groups in total. The summed E-state index contributed by atoms with van der Waals surface area (Å²) in [4.78, 5) is 2.42. The number of rotatable bonds is 9. The van der Waals surface area contributed by atoms with E-state index in [1.54, 1.807) is 0 Å². The Morgan fingerprint density at radius 2 is 0.564 bits per heavy atom. The third-order valence-electron chi connectivity index (χ3n) is 10.3. The quantitative estimate of drug-likeness (QED) is 0.145. The SMILES string of the molecule is c1ccc(-c2ccc(N(c3ccc(-c4cccc(-c5ccccc5)c4)cc3)c3cccc(-c4ccccc4)c3-c3ccccc3-c3ccccc3)cc2)cc1. The Labute approximate surface area is 324 Å². The first kappa shape index (κ1) is 33.6. The summed E-state index contributed by atoms with van der Waals surface area (Å²) in [6, 6.07) is 85.0. The van der Waals surface area contributed by atoms with E-state index >= 15 is 0 Å². The summed E-state index contributed by atoms with van der Waals surface area (Å²) in [7, 11) is 0. The Balaban J connectivity index is 1.24. The number of nitrogens with zero attached hydrogens (tertiary/aromatic N) is 1. The minimum absolute atomic E-state index is 1.08. The molecule has 0 saturated heterocycles. The second kappa shape index (κ2) is 15.4. The van der Waals surface area contributed by atoms with Crippen LogP contribution in [-0.4, -0.2) is 0 Å². The standard InChI is InChI=1S/C54H39N/c1-5-17-40(18-6-1)42-31-35-48(36-32-42)55(49-37-33-43(34-38-49)47-26-15-25-46(39-47)41-19-7-2-8-20-41)53-30-16-29-51(45-23-11-4-12-24-45)54(53)52-28-14-13-27-50(52)44-21-9-3-10-22-44/h1-39H. The van der Waals surface area contributed by atoms with Crippen LogP contribution in [0, 0.1) is 0 Å². The molecule has 9 aromatic rings. The van der Waals surface area contributed by atoms with Crippen LogP contribution in [0.25, 0.3) is 66.8 Å². The zero-order valence-corrected chi connectivity index (χ0v) is 30.5. The minimum atomic E-state index is 1.08. The number of anilines is 3. The molecule has 0 aliphatic heterocycles. The fraction of sp³-hybridized carbons (Fsp3) is 0. The van der Waals surface area contributed by atoms with E-state index in [0.717, 1.165) is 17.1 Å². The molecule has 0 heterocycles. The van der Waals surface area contributed by atoms with Crippen LogP contribution in [0.4, 0.5) is 17.1 Å². The topological polar surface area (TPSA) is 3.24 Å². The highest BCUT2D eigenvalue weighted by Gasteiger charge is 2.23. The van der Waals surface area contributed by atoms with Gasteiger partial charge in [0.1, 0.15) is 0 Å². The summed E-state index contributed by atoms with van der Waals surface area (Å²) in [5, 5.41) is 0. The third-order valence-corrected chi connectivity index (χ3v) is 10.3. The van der Waals surface area contributed by atoms with Crippen molar-refractivity contribution in [1.82, 2.24) is 0 Å². The Bertz CT molecular complexity index is 2650. The summed E-state index contributed by atoms with van der Waals surface area (Å²) in [6.07, 6.45) is 0. The molecule has 0 aromatic heterocycles. The van der Waals surface area contributed by atoms with Crippen molar-refractivity contribution < 1.29 is 0 Å². The predicted molar refractivity (Wildman–Crippen MR) is 234 cm³/mol. The van der Waals surface area contributed by atoms with Gasteiger partial charge < -0.3 is 4.90 Å². The summed E-state index contributed by atoms with van der Waals surface area (Å²) < 4.78 is 0. The lowest BCUT2D eigenvalue weighted by atomic mass is 9.87. The smallest absolute Gasteiger partial charge is 0.0546 e. The van der Waals surface area contributed by atoms with Gasteiger partial charge in [0.2, 0.25) is 0 Å². The minimum Gasteiger partial charge on any atom is -0.310 e. The number of hydrogen-bond donors (Lipinski definition) is 0. The first-order valence-electron chi connectivity index (χ1n) is 18.8. The van der Waals surface area contributed by atoms with Crippen molar-refractivity contribution in [3.05, 3.63) is 237 Å². The highest BCUT2D eigenvalue weighted by Crippen LogP contribution is 2.48. The molecule has 0 fully saturated rings. The molecule has 55 heavy (non-hydrogen) atoms. The van der Waals surface area contributed by atoms with Crippen LogP contribution >= 0.6 is 0 Å². The second-order valence-corrected chi connectivity index (χ2v) is 13.7. The Kier molecular flexibility index (Phi) is 9.41. The van der Waals surface area contributed by atoms with Crippen LogP contribution in [0.15, 0.2) is 237 Å². The third kappa shape index (κ3) is 7.00. The van der Waals surface area contributed by atoms with E-state index < -0.39 is 0 Å². The van der Waals surface area contributed by atoms with E-state index in [2.05, 4.69) is 241 Å². The molecule has 9 aromatic carbocycles. The van der Waals surface area contributed by atoms with Crippen LogP contribution in [0.1, 0.15) is 0 Å². The van der Waals surface area contributed by atoms with Gasteiger partial charge in [0, 0.05) is 16.9 Å². The van der Waals surface area contributed by atoms with Gasteiger partial charge in [0.15, 0.2) is 0 Å². The lowest BCUT2D eigenvalue weighted by Gasteiger charge is -2.30. The molecule has 0 amide bonds. The van der Waals surface area contributed by atoms with Crippen molar-refractivity contribution in [2.24, 2.45) is 0 Å². The van der Waals surface area contributed by atoms with E-state index in [1.165, 1.54) is 66.8 Å². The van der Waals surface area contributed by atoms with Gasteiger partial charge in [0.25, 0.3) is 0 Å². The summed E-state index contributed by atoms with van der Waals surface area (Å²) >= 11 is 0. The molecule has 260 valence electrons. The van der Waals surface area contributed by atoms with Crippen LogP contribution in [0.3, 0.4) is 0 Å². The molecule has 9 rings (SSSR count). The average molecular weight is 702 g/mol. The highest BCUT2D eigenvalue weighted by atomic mass is 15.1. The zero-order valence-electron chi connectivity index (χ0n) is 30.5. The van der Waals surface area contributed by atoms with E-state index in [4.69, 9.17) is 0 Å². The molecule has 0 aliphatic carbocycles. The molecule has 1 heteroatoms. The van der Waals surface area contributed by atoms with Crippen molar-refractivity contribution in [2.75, 3.05) is 4.90 Å². The van der Waals surface area contributed by atoms with Crippen LogP contribution in [0.2, 0.25) is 0 Å². The molecule has 0 unspecified atom stereocenters. The van der Waals surface area contributed by atoms with Gasteiger partial charge in [-0.05, 0) is 97.6 Å². The van der Waals surface area contributed by atoms with Gasteiger partial charge in [0.05, 0.1) is 5.69 Å². The van der Waals surface area contributed by atoms with Gasteiger partial charge in [-0.1, -0.05) is 200 Å². The predicted octanol–water partition coefficient (Wildman–Crippen LogP) is 15.2. The molecular weight excluding hydrogens is 663 g/mol. The Hall–Kier alpha value is -7.22. The lowest BCUT2D eigenvalue weighted by Crippen LogP contribution is -2.12. The van der Waals surface area contributed by atoms with Crippen LogP contribution in [-0.2, 0) is 0 Å². The van der Waals surface area contributed by atoms with E-state index in [1.807, 2.05) is 0 Å². The number of benzene rings is 9. The van der Waals surface area contributed by atoms with Gasteiger partial charge >= 0.3 is 0 Å². The Morgan fingerprint density at radius 3 is 1.09 bits per heavy atom. The monoisotopic (exact) mass is 701 g/mol. The number of hydrogen-bond acceptors (Lipinski definition) is 1. The van der Waals surface area contributed by atoms with Gasteiger partial charge in [-0.15, -0.1) is 0 Å². The van der Waals surface area contributed by atoms with Crippen LogP contribution in [0.5, 0.6) is 0 Å². The van der Waals surface area contributed by atoms with E-state index in [9.17, 15) is 0 Å². The van der Waals surface area contributed by atoms with E-state index in [0.29, 0.717) is 0 Å². The van der Waals surface area contributed by atoms with Crippen LogP contribution < -0.4 is 4.90 Å². The van der Waals surface area contributed by atoms with Gasteiger partial charge in [-0.3, -0.25) is 0 Å². The average Bonchev–Trinajstić information content (AvgIpc) is 3.28. The molecule has 0 spiro atoms. The molecule has 0 saturated carbocycles. The molecular formula is C54H39N. The summed E-state index contributed by atoms with van der Waals surface area (Å²) in [5.41, 5.74) is 17.6. The maximum Gasteiger partial charge on any atom is 0.0546 e. The largest absolute Gasteiger partial charge is 0.310 e. The van der Waals surface area contributed by atoms with Crippen molar-refractivity contribution in [3.63, 3.8) is 0 Å². The van der Waals surface area contributed by atoms with Crippen molar-refractivity contribution in [1.29, 1.82) is 0 Å². The van der Waals surface area contributed by atoms with Gasteiger partial charge in [-0.2, -0.15) is 0 Å². The first-order chi connectivity index (χ1) is 27.3. The zero-order chi connectivity index (χ0) is 36.8. The summed E-state index contributed by atoms with van der Waals surface area (Å²) in [5.74, 6) is 0. The maximum absolute atomic E-state index is 2.42. The fourth-order valence-electron chi connectivity index (χ4n) is 7.61. The molecule has 0 radical (unpaired) electrons.